The van der Waals surface area contributed by atoms with E-state index < -0.39 is 18.0 Å². The van der Waals surface area contributed by atoms with Gasteiger partial charge in [0.2, 0.25) is 0 Å². The van der Waals surface area contributed by atoms with E-state index in [0.717, 1.165) is 8.95 Å². The van der Waals surface area contributed by atoms with Crippen molar-refractivity contribution in [3.8, 4) is 0 Å². The molecular formula is C17H14Br2O4. The van der Waals surface area contributed by atoms with Crippen LogP contribution in [-0.2, 0) is 9.47 Å². The largest absolute Gasteiger partial charge is 0.458 e. The van der Waals surface area contributed by atoms with Gasteiger partial charge < -0.3 is 9.47 Å². The minimum Gasteiger partial charge on any atom is -0.458 e. The van der Waals surface area contributed by atoms with Gasteiger partial charge in [-0.25, -0.2) is 9.59 Å². The van der Waals surface area contributed by atoms with Gasteiger partial charge in [0.1, 0.15) is 12.7 Å². The molecule has 0 fully saturated rings. The van der Waals surface area contributed by atoms with E-state index in [1.54, 1.807) is 55.5 Å². The van der Waals surface area contributed by atoms with Gasteiger partial charge in [0.25, 0.3) is 0 Å². The molecule has 0 saturated heterocycles. The first-order valence-electron chi connectivity index (χ1n) is 6.85. The van der Waals surface area contributed by atoms with Crippen LogP contribution in [0.3, 0.4) is 0 Å². The predicted octanol–water partition coefficient (Wildman–Crippen LogP) is 4.61. The molecule has 23 heavy (non-hydrogen) atoms. The zero-order valence-corrected chi connectivity index (χ0v) is 15.5. The molecule has 120 valence electrons. The van der Waals surface area contributed by atoms with Gasteiger partial charge in [-0.05, 0) is 55.5 Å². The van der Waals surface area contributed by atoms with Crippen LogP contribution in [0.25, 0.3) is 0 Å². The molecule has 0 aromatic heterocycles. The summed E-state index contributed by atoms with van der Waals surface area (Å²) in [6, 6.07) is 13.7. The Morgan fingerprint density at radius 3 is 1.78 bits per heavy atom. The number of rotatable bonds is 5. The van der Waals surface area contributed by atoms with Crippen LogP contribution in [0, 0.1) is 0 Å². The summed E-state index contributed by atoms with van der Waals surface area (Å²) in [4.78, 5) is 23.8. The van der Waals surface area contributed by atoms with Gasteiger partial charge in [0.05, 0.1) is 11.1 Å². The summed E-state index contributed by atoms with van der Waals surface area (Å²) in [6.07, 6.45) is -0.537. The Balaban J connectivity index is 1.83. The molecule has 0 amide bonds. The first kappa shape index (κ1) is 17.7. The predicted molar refractivity (Wildman–Crippen MR) is 93.4 cm³/mol. The second-order valence-corrected chi connectivity index (χ2v) is 6.66. The number of hydrogen-bond donors (Lipinski definition) is 0. The highest BCUT2D eigenvalue weighted by Gasteiger charge is 2.14. The van der Waals surface area contributed by atoms with Crippen molar-refractivity contribution >= 4 is 43.8 Å². The third-order valence-corrected chi connectivity index (χ3v) is 3.97. The van der Waals surface area contributed by atoms with Crippen molar-refractivity contribution in [3.63, 3.8) is 0 Å². The lowest BCUT2D eigenvalue weighted by molar-refractivity contribution is 0.00448. The van der Waals surface area contributed by atoms with Gasteiger partial charge in [0.15, 0.2) is 0 Å². The molecule has 0 saturated carbocycles. The van der Waals surface area contributed by atoms with Crippen molar-refractivity contribution < 1.29 is 19.1 Å². The molecule has 2 rings (SSSR count). The number of halogens is 2. The molecule has 0 aliphatic carbocycles. The Kier molecular flexibility index (Phi) is 6.36. The maximum atomic E-state index is 11.9. The second kappa shape index (κ2) is 8.26. The molecule has 4 nitrogen and oxygen atoms in total. The molecule has 0 radical (unpaired) electrons. The fraction of sp³-hybridized carbons (Fsp3) is 0.176. The van der Waals surface area contributed by atoms with E-state index >= 15 is 0 Å². The molecule has 2 aromatic carbocycles. The van der Waals surface area contributed by atoms with E-state index in [2.05, 4.69) is 31.9 Å². The molecule has 1 unspecified atom stereocenters. The van der Waals surface area contributed by atoms with Gasteiger partial charge in [-0.1, -0.05) is 31.9 Å². The zero-order chi connectivity index (χ0) is 16.8. The third kappa shape index (κ3) is 5.48. The highest BCUT2D eigenvalue weighted by atomic mass is 79.9. The molecule has 0 spiro atoms. The van der Waals surface area contributed by atoms with Crippen LogP contribution < -0.4 is 0 Å². The van der Waals surface area contributed by atoms with Crippen LogP contribution in [0.2, 0.25) is 0 Å². The standard InChI is InChI=1S/C17H14Br2O4/c1-11(23-17(21)13-4-8-15(19)9-5-13)10-22-16(20)12-2-6-14(18)7-3-12/h2-9,11H,10H2,1H3. The number of benzene rings is 2. The van der Waals surface area contributed by atoms with Gasteiger partial charge in [-0.15, -0.1) is 0 Å². The summed E-state index contributed by atoms with van der Waals surface area (Å²) in [6.45, 7) is 1.67. The quantitative estimate of drug-likeness (QED) is 0.635. The number of carbonyl (C=O) groups excluding carboxylic acids is 2. The second-order valence-electron chi connectivity index (χ2n) is 4.83. The summed E-state index contributed by atoms with van der Waals surface area (Å²) in [5.74, 6) is -0.909. The van der Waals surface area contributed by atoms with Gasteiger partial charge in [0, 0.05) is 8.95 Å². The third-order valence-electron chi connectivity index (χ3n) is 2.92. The summed E-state index contributed by atoms with van der Waals surface area (Å²) < 4.78 is 12.1. The van der Waals surface area contributed by atoms with Gasteiger partial charge in [-0.3, -0.25) is 0 Å². The van der Waals surface area contributed by atoms with Crippen molar-refractivity contribution in [2.45, 2.75) is 13.0 Å². The minimum atomic E-state index is -0.537. The van der Waals surface area contributed by atoms with Gasteiger partial charge >= 0.3 is 11.9 Å². The Hall–Kier alpha value is -1.66. The Morgan fingerprint density at radius 2 is 1.30 bits per heavy atom. The van der Waals surface area contributed by atoms with Crippen molar-refractivity contribution in [1.82, 2.24) is 0 Å². The monoisotopic (exact) mass is 440 g/mol. The number of hydrogen-bond acceptors (Lipinski definition) is 4. The van der Waals surface area contributed by atoms with Crippen molar-refractivity contribution in [2.75, 3.05) is 6.61 Å². The summed E-state index contributed by atoms with van der Waals surface area (Å²) in [5, 5.41) is 0. The topological polar surface area (TPSA) is 52.6 Å². The molecule has 0 aliphatic rings. The molecule has 0 heterocycles. The summed E-state index contributed by atoms with van der Waals surface area (Å²) in [5.41, 5.74) is 0.888. The van der Waals surface area contributed by atoms with E-state index in [4.69, 9.17) is 9.47 Å². The minimum absolute atomic E-state index is 0.00281. The van der Waals surface area contributed by atoms with Crippen LogP contribution in [0.5, 0.6) is 0 Å². The lowest BCUT2D eigenvalue weighted by Gasteiger charge is -2.13. The van der Waals surface area contributed by atoms with E-state index in [0.29, 0.717) is 11.1 Å². The van der Waals surface area contributed by atoms with E-state index in [-0.39, 0.29) is 6.61 Å². The molecule has 1 atom stereocenters. The maximum Gasteiger partial charge on any atom is 0.338 e. The van der Waals surface area contributed by atoms with Crippen LogP contribution in [0.1, 0.15) is 27.6 Å². The lowest BCUT2D eigenvalue weighted by Crippen LogP contribution is -2.22. The Morgan fingerprint density at radius 1 is 0.870 bits per heavy atom. The van der Waals surface area contributed by atoms with E-state index in [1.807, 2.05) is 0 Å². The first-order valence-corrected chi connectivity index (χ1v) is 8.43. The Labute approximate surface area is 151 Å². The van der Waals surface area contributed by atoms with Crippen molar-refractivity contribution in [1.29, 1.82) is 0 Å². The van der Waals surface area contributed by atoms with E-state index in [1.165, 1.54) is 0 Å². The molecule has 0 bridgehead atoms. The zero-order valence-electron chi connectivity index (χ0n) is 12.3. The SMILES string of the molecule is CC(COC(=O)c1ccc(Br)cc1)OC(=O)c1ccc(Br)cc1. The maximum absolute atomic E-state index is 11.9. The van der Waals surface area contributed by atoms with Crippen LogP contribution >= 0.6 is 31.9 Å². The fourth-order valence-electron chi connectivity index (χ4n) is 1.73. The highest BCUT2D eigenvalue weighted by molar-refractivity contribution is 9.10. The van der Waals surface area contributed by atoms with Crippen molar-refractivity contribution in [3.05, 3.63) is 68.6 Å². The average molecular weight is 442 g/mol. The van der Waals surface area contributed by atoms with Gasteiger partial charge in [-0.2, -0.15) is 0 Å². The molecule has 2 aromatic rings. The smallest absolute Gasteiger partial charge is 0.338 e. The summed E-state index contributed by atoms with van der Waals surface area (Å²) >= 11 is 6.60. The average Bonchev–Trinajstić information content (AvgIpc) is 2.54. The molecule has 6 heteroatoms. The van der Waals surface area contributed by atoms with Crippen LogP contribution in [0.15, 0.2) is 57.5 Å². The molecule has 0 N–H and O–H groups in total. The van der Waals surface area contributed by atoms with Crippen molar-refractivity contribution in [2.24, 2.45) is 0 Å². The fourth-order valence-corrected chi connectivity index (χ4v) is 2.26. The Bertz CT molecular complexity index is 681. The first-order chi connectivity index (χ1) is 11.0. The highest BCUT2D eigenvalue weighted by Crippen LogP contribution is 2.13. The molecular weight excluding hydrogens is 428 g/mol. The van der Waals surface area contributed by atoms with E-state index in [9.17, 15) is 9.59 Å². The normalized spacial score (nSPS) is 11.6. The number of carbonyl (C=O) groups is 2. The number of ether oxygens (including phenoxy) is 2. The lowest BCUT2D eigenvalue weighted by atomic mass is 10.2. The van der Waals surface area contributed by atoms with Crippen LogP contribution in [-0.4, -0.2) is 24.6 Å². The van der Waals surface area contributed by atoms with Crippen LogP contribution in [0.4, 0.5) is 0 Å². The molecule has 0 aliphatic heterocycles. The summed E-state index contributed by atoms with van der Waals surface area (Å²) in [7, 11) is 0. The number of esters is 2.